The number of carbonyl (C=O) groups is 1. The van der Waals surface area contributed by atoms with Gasteiger partial charge >= 0.3 is 0 Å². The first-order valence-corrected chi connectivity index (χ1v) is 8.52. The van der Waals surface area contributed by atoms with E-state index in [1.807, 2.05) is 55.5 Å². The maximum atomic E-state index is 10.5. The average molecular weight is 358 g/mol. The Bertz CT molecular complexity index is 1140. The molecule has 0 unspecified atom stereocenters. The second-order valence-corrected chi connectivity index (χ2v) is 6.23. The smallest absolute Gasteiger partial charge is 0.226 e. The molecule has 4 rings (SSSR count). The Morgan fingerprint density at radius 2 is 1.93 bits per heavy atom. The molecule has 134 valence electrons. The van der Waals surface area contributed by atoms with E-state index in [1.54, 1.807) is 6.07 Å². The molecule has 0 aliphatic rings. The largest absolute Gasteiger partial charge is 0.545 e. The van der Waals surface area contributed by atoms with E-state index in [2.05, 4.69) is 4.98 Å². The van der Waals surface area contributed by atoms with Gasteiger partial charge in [-0.25, -0.2) is 4.98 Å². The highest BCUT2D eigenvalue weighted by Gasteiger charge is 2.14. The number of carboxylic acid groups (broad SMARTS) is 1. The van der Waals surface area contributed by atoms with Gasteiger partial charge in [0.15, 0.2) is 0 Å². The van der Waals surface area contributed by atoms with Crippen LogP contribution >= 0.6 is 0 Å². The van der Waals surface area contributed by atoms with E-state index in [0.29, 0.717) is 12.3 Å². The molecule has 0 atom stereocenters. The van der Waals surface area contributed by atoms with Gasteiger partial charge in [0.25, 0.3) is 0 Å². The second kappa shape index (κ2) is 6.96. The fourth-order valence-electron chi connectivity index (χ4n) is 2.93. The van der Waals surface area contributed by atoms with Crippen molar-refractivity contribution in [2.45, 2.75) is 13.3 Å². The molecular formula is C22H16NO4-. The number of hydrogen-bond acceptors (Lipinski definition) is 5. The number of benzene rings is 2. The van der Waals surface area contributed by atoms with Gasteiger partial charge in [-0.15, -0.1) is 0 Å². The summed E-state index contributed by atoms with van der Waals surface area (Å²) in [5, 5.41) is 11.4. The van der Waals surface area contributed by atoms with Crippen LogP contribution in [0, 0.1) is 6.92 Å². The van der Waals surface area contributed by atoms with Crippen molar-refractivity contribution in [2.24, 2.45) is 0 Å². The summed E-state index contributed by atoms with van der Waals surface area (Å²) in [7, 11) is 0. The summed E-state index contributed by atoms with van der Waals surface area (Å²) < 4.78 is 11.7. The van der Waals surface area contributed by atoms with Crippen LogP contribution in [0.1, 0.15) is 22.8 Å². The Hall–Kier alpha value is -3.60. The average Bonchev–Trinajstić information content (AvgIpc) is 3.23. The number of furan rings is 1. The Morgan fingerprint density at radius 3 is 2.70 bits per heavy atom. The number of aryl methyl sites for hydroxylation is 1. The fourth-order valence-corrected chi connectivity index (χ4v) is 2.93. The van der Waals surface area contributed by atoms with Crippen LogP contribution in [-0.4, -0.2) is 11.0 Å². The quantitative estimate of drug-likeness (QED) is 0.508. The van der Waals surface area contributed by atoms with Crippen molar-refractivity contribution in [3.05, 3.63) is 83.5 Å². The maximum Gasteiger partial charge on any atom is 0.226 e. The number of nitrogens with zero attached hydrogens (tertiary/aromatic N) is 1. The Morgan fingerprint density at radius 1 is 1.11 bits per heavy atom. The number of oxazole rings is 1. The molecule has 2 heterocycles. The topological polar surface area (TPSA) is 79.3 Å². The van der Waals surface area contributed by atoms with E-state index in [9.17, 15) is 9.90 Å². The van der Waals surface area contributed by atoms with Crippen molar-refractivity contribution in [3.63, 3.8) is 0 Å². The predicted octanol–water partition coefficient (Wildman–Crippen LogP) is 3.75. The van der Waals surface area contributed by atoms with Gasteiger partial charge in [-0.3, -0.25) is 0 Å². The normalized spacial score (nSPS) is 11.4. The summed E-state index contributed by atoms with van der Waals surface area (Å²) in [5.74, 6) is 0.890. The van der Waals surface area contributed by atoms with Crippen LogP contribution in [0.2, 0.25) is 0 Å². The minimum atomic E-state index is -1.22. The maximum absolute atomic E-state index is 10.5. The lowest BCUT2D eigenvalue weighted by atomic mass is 10.1. The van der Waals surface area contributed by atoms with Crippen molar-refractivity contribution < 1.29 is 18.7 Å². The van der Waals surface area contributed by atoms with Crippen LogP contribution in [0.25, 0.3) is 28.5 Å². The molecule has 0 radical (unpaired) electrons. The molecule has 0 N–H and O–H groups in total. The molecular weight excluding hydrogens is 342 g/mol. The first kappa shape index (κ1) is 16.8. The van der Waals surface area contributed by atoms with Crippen LogP contribution in [0.15, 0.2) is 69.5 Å². The first-order chi connectivity index (χ1) is 13.1. The zero-order chi connectivity index (χ0) is 18.8. The molecule has 0 aliphatic heterocycles. The van der Waals surface area contributed by atoms with Crippen LogP contribution in [0.4, 0.5) is 0 Å². The number of carbonyl (C=O) groups excluding carboxylic acids is 1. The lowest BCUT2D eigenvalue weighted by Gasteiger charge is -1.94. The zero-order valence-corrected chi connectivity index (χ0v) is 14.6. The fraction of sp³-hybridized carbons (Fsp3) is 0.0909. The van der Waals surface area contributed by atoms with Crippen molar-refractivity contribution >= 4 is 23.0 Å². The minimum absolute atomic E-state index is 0.515. The Balaban J connectivity index is 1.60. The van der Waals surface area contributed by atoms with E-state index in [-0.39, 0.29) is 0 Å². The summed E-state index contributed by atoms with van der Waals surface area (Å²) in [5.41, 5.74) is 3.26. The Labute approximate surface area is 155 Å². The molecule has 5 heteroatoms. The SMILES string of the molecule is Cc1oc(-c2ccccc2)nc1Cc1cc2cc(/C=C/C(=O)[O-])ccc2o1. The molecule has 2 aromatic carbocycles. The van der Waals surface area contributed by atoms with E-state index in [0.717, 1.165) is 45.4 Å². The van der Waals surface area contributed by atoms with Crippen molar-refractivity contribution in [1.29, 1.82) is 0 Å². The molecule has 0 amide bonds. The number of aliphatic carboxylic acids is 1. The minimum Gasteiger partial charge on any atom is -0.545 e. The molecule has 27 heavy (non-hydrogen) atoms. The Kier molecular flexibility index (Phi) is 4.34. The molecule has 0 saturated heterocycles. The van der Waals surface area contributed by atoms with Crippen molar-refractivity contribution in [3.8, 4) is 11.5 Å². The zero-order valence-electron chi connectivity index (χ0n) is 14.6. The molecule has 0 bridgehead atoms. The van der Waals surface area contributed by atoms with E-state index < -0.39 is 5.97 Å². The summed E-state index contributed by atoms with van der Waals surface area (Å²) in [6.07, 6.45) is 3.02. The summed E-state index contributed by atoms with van der Waals surface area (Å²) in [4.78, 5) is 15.1. The van der Waals surface area contributed by atoms with E-state index in [4.69, 9.17) is 8.83 Å². The van der Waals surface area contributed by atoms with Crippen LogP contribution in [0.3, 0.4) is 0 Å². The van der Waals surface area contributed by atoms with Crippen LogP contribution in [-0.2, 0) is 11.2 Å². The van der Waals surface area contributed by atoms with E-state index in [1.165, 1.54) is 6.08 Å². The summed E-state index contributed by atoms with van der Waals surface area (Å²) >= 11 is 0. The standard InChI is InChI=1S/C22H17NO4/c1-14-19(23-22(26-14)16-5-3-2-4-6-16)13-18-12-17-11-15(8-10-21(24)25)7-9-20(17)27-18/h2-12H,13H2,1H3,(H,24,25)/p-1/b10-8+. The van der Waals surface area contributed by atoms with E-state index >= 15 is 0 Å². The third-order valence-corrected chi connectivity index (χ3v) is 4.26. The van der Waals surface area contributed by atoms with Crippen molar-refractivity contribution in [1.82, 2.24) is 4.98 Å². The molecule has 2 aromatic heterocycles. The number of hydrogen-bond donors (Lipinski definition) is 0. The second-order valence-electron chi connectivity index (χ2n) is 6.23. The summed E-state index contributed by atoms with van der Waals surface area (Å²) in [6.45, 7) is 1.89. The van der Waals surface area contributed by atoms with Gasteiger partial charge in [0.1, 0.15) is 17.1 Å². The van der Waals surface area contributed by atoms with Gasteiger partial charge in [0.2, 0.25) is 5.89 Å². The molecule has 0 aliphatic carbocycles. The molecule has 0 spiro atoms. The monoisotopic (exact) mass is 358 g/mol. The van der Waals surface area contributed by atoms with Gasteiger partial charge < -0.3 is 18.7 Å². The van der Waals surface area contributed by atoms with Crippen LogP contribution < -0.4 is 5.11 Å². The number of fused-ring (bicyclic) bond motifs is 1. The lowest BCUT2D eigenvalue weighted by molar-refractivity contribution is -0.297. The highest BCUT2D eigenvalue weighted by atomic mass is 16.4. The third kappa shape index (κ3) is 3.67. The van der Waals surface area contributed by atoms with Gasteiger partial charge in [-0.1, -0.05) is 30.3 Å². The number of rotatable bonds is 5. The highest BCUT2D eigenvalue weighted by molar-refractivity contribution is 5.86. The number of carboxylic acids is 1. The molecule has 0 fully saturated rings. The van der Waals surface area contributed by atoms with Crippen LogP contribution in [0.5, 0.6) is 0 Å². The molecule has 0 saturated carbocycles. The molecule has 4 aromatic rings. The first-order valence-electron chi connectivity index (χ1n) is 8.52. The van der Waals surface area contributed by atoms with Gasteiger partial charge in [-0.2, -0.15) is 0 Å². The lowest BCUT2D eigenvalue weighted by Crippen LogP contribution is -2.18. The third-order valence-electron chi connectivity index (χ3n) is 4.26. The van der Waals surface area contributed by atoms with Crippen molar-refractivity contribution in [2.75, 3.05) is 0 Å². The van der Waals surface area contributed by atoms with Gasteiger partial charge in [0, 0.05) is 10.9 Å². The number of aromatic nitrogens is 1. The predicted molar refractivity (Wildman–Crippen MR) is 99.7 cm³/mol. The summed E-state index contributed by atoms with van der Waals surface area (Å²) in [6, 6.07) is 17.2. The van der Waals surface area contributed by atoms with Gasteiger partial charge in [-0.05, 0) is 48.9 Å². The molecule has 5 nitrogen and oxygen atoms in total. The highest BCUT2D eigenvalue weighted by Crippen LogP contribution is 2.26. The van der Waals surface area contributed by atoms with Gasteiger partial charge in [0.05, 0.1) is 18.1 Å².